The first-order chi connectivity index (χ1) is 7.99. The highest BCUT2D eigenvalue weighted by atomic mass is 16.4. The highest BCUT2D eigenvalue weighted by molar-refractivity contribution is 5.74. The lowest BCUT2D eigenvalue weighted by atomic mass is 9.90. The minimum absolute atomic E-state index is 0.516. The van der Waals surface area contributed by atoms with Crippen LogP contribution in [0.5, 0.6) is 0 Å². The van der Waals surface area contributed by atoms with E-state index in [9.17, 15) is 9.90 Å². The molecule has 0 radical (unpaired) electrons. The van der Waals surface area contributed by atoms with E-state index in [1.807, 2.05) is 6.92 Å². The summed E-state index contributed by atoms with van der Waals surface area (Å²) >= 11 is 0. The number of carboxylic acid groups (broad SMARTS) is 1. The molecule has 1 aliphatic rings. The summed E-state index contributed by atoms with van der Waals surface area (Å²) in [5.41, 5.74) is -0.516. The van der Waals surface area contributed by atoms with Gasteiger partial charge in [0.25, 0.3) is 0 Å². The van der Waals surface area contributed by atoms with E-state index in [0.29, 0.717) is 6.04 Å². The second-order valence-corrected chi connectivity index (χ2v) is 5.78. The predicted molar refractivity (Wildman–Crippen MR) is 70.2 cm³/mol. The summed E-state index contributed by atoms with van der Waals surface area (Å²) < 4.78 is 0. The average Bonchev–Trinajstić information content (AvgIpc) is 2.69. The Labute approximate surface area is 105 Å². The first-order valence-corrected chi connectivity index (χ1v) is 6.97. The number of rotatable bonds is 7. The number of nitrogens with zero attached hydrogens (tertiary/aromatic N) is 1. The Bertz CT molecular complexity index is 255. The summed E-state index contributed by atoms with van der Waals surface area (Å²) in [6.45, 7) is 8.00. The molecule has 3 heteroatoms. The first-order valence-electron chi connectivity index (χ1n) is 6.97. The van der Waals surface area contributed by atoms with Crippen LogP contribution in [-0.4, -0.2) is 35.1 Å². The summed E-state index contributed by atoms with van der Waals surface area (Å²) in [6, 6.07) is 0.535. The number of unbranched alkanes of at least 4 members (excludes halogenated alkanes) is 3. The molecule has 1 aliphatic heterocycles. The van der Waals surface area contributed by atoms with Crippen LogP contribution in [0.3, 0.4) is 0 Å². The fraction of sp³-hybridized carbons (Fsp3) is 0.929. The molecule has 1 rings (SSSR count). The van der Waals surface area contributed by atoms with Gasteiger partial charge in [-0.2, -0.15) is 0 Å². The van der Waals surface area contributed by atoms with Gasteiger partial charge in [-0.15, -0.1) is 0 Å². The van der Waals surface area contributed by atoms with Crippen LogP contribution in [0.4, 0.5) is 0 Å². The number of aliphatic carboxylic acids is 1. The van der Waals surface area contributed by atoms with Gasteiger partial charge in [0.05, 0.1) is 5.41 Å². The number of likely N-dealkylation sites (tertiary alicyclic amines) is 1. The molecule has 0 spiro atoms. The number of carbonyl (C=O) groups is 1. The third kappa shape index (κ3) is 3.98. The van der Waals surface area contributed by atoms with Gasteiger partial charge in [0.1, 0.15) is 0 Å². The van der Waals surface area contributed by atoms with Crippen LogP contribution in [0.25, 0.3) is 0 Å². The van der Waals surface area contributed by atoms with Crippen LogP contribution in [0, 0.1) is 5.41 Å². The smallest absolute Gasteiger partial charge is 0.310 e. The molecule has 0 aromatic heterocycles. The topological polar surface area (TPSA) is 40.5 Å². The average molecular weight is 241 g/mol. The Morgan fingerprint density at radius 3 is 2.65 bits per heavy atom. The Balaban J connectivity index is 2.30. The molecule has 0 aromatic carbocycles. The zero-order chi connectivity index (χ0) is 12.9. The van der Waals surface area contributed by atoms with E-state index >= 15 is 0 Å². The van der Waals surface area contributed by atoms with Gasteiger partial charge in [0.2, 0.25) is 0 Å². The molecular formula is C14H27NO2. The molecule has 1 heterocycles. The van der Waals surface area contributed by atoms with Crippen molar-refractivity contribution in [3.8, 4) is 0 Å². The lowest BCUT2D eigenvalue weighted by Gasteiger charge is -2.26. The Kier molecular flexibility index (Phi) is 5.44. The van der Waals surface area contributed by atoms with E-state index in [-0.39, 0.29) is 0 Å². The molecule has 0 aromatic rings. The summed E-state index contributed by atoms with van der Waals surface area (Å²) in [4.78, 5) is 13.5. The van der Waals surface area contributed by atoms with Crippen molar-refractivity contribution in [2.24, 2.45) is 5.41 Å². The van der Waals surface area contributed by atoms with E-state index in [1.54, 1.807) is 0 Å². The maximum atomic E-state index is 11.2. The molecule has 2 unspecified atom stereocenters. The fourth-order valence-electron chi connectivity index (χ4n) is 2.60. The van der Waals surface area contributed by atoms with E-state index in [1.165, 1.54) is 32.1 Å². The molecule has 3 nitrogen and oxygen atoms in total. The quantitative estimate of drug-likeness (QED) is 0.696. The maximum absolute atomic E-state index is 11.2. The summed E-state index contributed by atoms with van der Waals surface area (Å²) in [5.74, 6) is -0.641. The highest BCUT2D eigenvalue weighted by Crippen LogP contribution is 2.32. The molecule has 0 saturated carbocycles. The molecule has 17 heavy (non-hydrogen) atoms. The molecule has 1 N–H and O–H groups in total. The largest absolute Gasteiger partial charge is 0.481 e. The molecule has 2 atom stereocenters. The van der Waals surface area contributed by atoms with E-state index in [4.69, 9.17) is 0 Å². The van der Waals surface area contributed by atoms with Crippen molar-refractivity contribution in [2.45, 2.75) is 65.3 Å². The van der Waals surface area contributed by atoms with Crippen molar-refractivity contribution in [3.63, 3.8) is 0 Å². The standard InChI is InChI=1S/C14H27NO2/c1-4-5-6-7-8-12(2)15-10-9-14(3,11-15)13(16)17/h12H,4-11H2,1-3H3,(H,16,17). The predicted octanol–water partition coefficient (Wildman–Crippen LogP) is 3.14. The van der Waals surface area contributed by atoms with Gasteiger partial charge in [0.15, 0.2) is 0 Å². The van der Waals surface area contributed by atoms with Gasteiger partial charge >= 0.3 is 5.97 Å². The van der Waals surface area contributed by atoms with Crippen LogP contribution in [0.15, 0.2) is 0 Å². The van der Waals surface area contributed by atoms with Crippen LogP contribution in [0.1, 0.15) is 59.3 Å². The van der Waals surface area contributed by atoms with Crippen LogP contribution < -0.4 is 0 Å². The number of carboxylic acids is 1. The van der Waals surface area contributed by atoms with Crippen LogP contribution >= 0.6 is 0 Å². The normalized spacial score (nSPS) is 27.2. The number of hydrogen-bond acceptors (Lipinski definition) is 2. The molecule has 100 valence electrons. The molecule has 0 aliphatic carbocycles. The second-order valence-electron chi connectivity index (χ2n) is 5.78. The van der Waals surface area contributed by atoms with E-state index in [2.05, 4.69) is 18.7 Å². The fourth-order valence-corrected chi connectivity index (χ4v) is 2.60. The van der Waals surface area contributed by atoms with Crippen molar-refractivity contribution in [1.29, 1.82) is 0 Å². The zero-order valence-electron chi connectivity index (χ0n) is 11.5. The van der Waals surface area contributed by atoms with Crippen LogP contribution in [0.2, 0.25) is 0 Å². The summed E-state index contributed by atoms with van der Waals surface area (Å²) in [7, 11) is 0. The molecule has 1 saturated heterocycles. The first kappa shape index (κ1) is 14.5. The molecular weight excluding hydrogens is 214 g/mol. The van der Waals surface area contributed by atoms with Crippen molar-refractivity contribution in [1.82, 2.24) is 4.90 Å². The zero-order valence-corrected chi connectivity index (χ0v) is 11.5. The second kappa shape index (κ2) is 6.39. The van der Waals surface area contributed by atoms with E-state index in [0.717, 1.165) is 19.5 Å². The van der Waals surface area contributed by atoms with Crippen molar-refractivity contribution < 1.29 is 9.90 Å². The third-order valence-corrected chi connectivity index (χ3v) is 4.12. The van der Waals surface area contributed by atoms with Gasteiger partial charge in [-0.1, -0.05) is 32.6 Å². The Hall–Kier alpha value is -0.570. The molecule has 0 amide bonds. The third-order valence-electron chi connectivity index (χ3n) is 4.12. The van der Waals surface area contributed by atoms with Gasteiger partial charge in [-0.25, -0.2) is 0 Å². The summed E-state index contributed by atoms with van der Waals surface area (Å²) in [5, 5.41) is 9.19. The van der Waals surface area contributed by atoms with Crippen molar-refractivity contribution in [3.05, 3.63) is 0 Å². The van der Waals surface area contributed by atoms with Gasteiger partial charge in [-0.05, 0) is 33.2 Å². The minimum atomic E-state index is -0.641. The molecule has 0 bridgehead atoms. The lowest BCUT2D eigenvalue weighted by molar-refractivity contribution is -0.147. The molecule has 1 fully saturated rings. The summed E-state index contributed by atoms with van der Waals surface area (Å²) in [6.07, 6.45) is 7.17. The van der Waals surface area contributed by atoms with Crippen molar-refractivity contribution in [2.75, 3.05) is 13.1 Å². The minimum Gasteiger partial charge on any atom is -0.481 e. The SMILES string of the molecule is CCCCCCC(C)N1CCC(C)(C(=O)O)C1. The van der Waals surface area contributed by atoms with E-state index < -0.39 is 11.4 Å². The Morgan fingerprint density at radius 1 is 1.41 bits per heavy atom. The monoisotopic (exact) mass is 241 g/mol. The maximum Gasteiger partial charge on any atom is 0.310 e. The highest BCUT2D eigenvalue weighted by Gasteiger charge is 2.41. The Morgan fingerprint density at radius 2 is 2.12 bits per heavy atom. The number of hydrogen-bond donors (Lipinski definition) is 1. The van der Waals surface area contributed by atoms with Crippen molar-refractivity contribution >= 4 is 5.97 Å². The van der Waals surface area contributed by atoms with Gasteiger partial charge in [0, 0.05) is 12.6 Å². The van der Waals surface area contributed by atoms with Gasteiger partial charge < -0.3 is 5.11 Å². The lowest BCUT2D eigenvalue weighted by Crippen LogP contribution is -2.36. The van der Waals surface area contributed by atoms with Gasteiger partial charge in [-0.3, -0.25) is 9.69 Å². The van der Waals surface area contributed by atoms with Crippen LogP contribution in [-0.2, 0) is 4.79 Å².